The number of carbonyl (C=O) groups is 1. The molecule has 2 atom stereocenters. The van der Waals surface area contributed by atoms with Gasteiger partial charge in [-0.05, 0) is 11.6 Å². The molecule has 3 nitrogen and oxygen atoms in total. The second-order valence-corrected chi connectivity index (χ2v) is 3.57. The Kier molecular flexibility index (Phi) is 2.72. The van der Waals surface area contributed by atoms with Crippen molar-refractivity contribution in [1.82, 2.24) is 0 Å². The molecule has 1 aliphatic rings. The van der Waals surface area contributed by atoms with E-state index in [0.717, 1.165) is 12.0 Å². The summed E-state index contributed by atoms with van der Waals surface area (Å²) < 4.78 is 5.35. The Morgan fingerprint density at radius 3 is 2.67 bits per heavy atom. The van der Waals surface area contributed by atoms with E-state index < -0.39 is 0 Å². The summed E-state index contributed by atoms with van der Waals surface area (Å²) in [7, 11) is 0. The summed E-state index contributed by atoms with van der Waals surface area (Å²) in [4.78, 5) is 11.4. The van der Waals surface area contributed by atoms with Crippen LogP contribution in [0.2, 0.25) is 0 Å². The lowest BCUT2D eigenvalue weighted by atomic mass is 9.91. The highest BCUT2D eigenvalue weighted by Gasteiger charge is 2.30. The zero-order valence-electron chi connectivity index (χ0n) is 8.30. The third-order valence-electron chi connectivity index (χ3n) is 2.55. The summed E-state index contributed by atoms with van der Waals surface area (Å²) >= 11 is 0. The number of rotatable bonds is 3. The normalized spacial score (nSPS) is 20.9. The van der Waals surface area contributed by atoms with Gasteiger partial charge in [-0.1, -0.05) is 30.3 Å². The molecule has 15 heavy (non-hydrogen) atoms. The number of nitrogens with two attached hydrogens (primary N) is 1. The van der Waals surface area contributed by atoms with E-state index in [1.807, 2.05) is 36.4 Å². The molecule has 0 fully saturated rings. The molecule has 1 aliphatic heterocycles. The number of ether oxygens (including phenoxy) is 1. The number of hydrogen-bond acceptors (Lipinski definition) is 2. The fourth-order valence-electron chi connectivity index (χ4n) is 1.84. The van der Waals surface area contributed by atoms with Gasteiger partial charge in [-0.15, -0.1) is 0 Å². The minimum atomic E-state index is -0.360. The number of amides is 1. The molecule has 78 valence electrons. The molecule has 0 spiro atoms. The summed E-state index contributed by atoms with van der Waals surface area (Å²) in [6.07, 6.45) is 4.13. The van der Waals surface area contributed by atoms with Crippen molar-refractivity contribution >= 4 is 5.91 Å². The molecule has 0 bridgehead atoms. The van der Waals surface area contributed by atoms with Crippen molar-refractivity contribution in [2.24, 2.45) is 5.73 Å². The topological polar surface area (TPSA) is 52.3 Å². The Hall–Kier alpha value is -1.77. The van der Waals surface area contributed by atoms with E-state index in [-0.39, 0.29) is 17.9 Å². The Labute approximate surface area is 88.5 Å². The van der Waals surface area contributed by atoms with E-state index in [1.165, 1.54) is 0 Å². The van der Waals surface area contributed by atoms with Crippen LogP contribution in [0.1, 0.15) is 17.9 Å². The Balaban J connectivity index is 2.24. The van der Waals surface area contributed by atoms with Gasteiger partial charge in [0.05, 0.1) is 12.2 Å². The molecule has 0 radical (unpaired) electrons. The maximum atomic E-state index is 11.4. The van der Waals surface area contributed by atoms with Gasteiger partial charge in [-0.2, -0.15) is 0 Å². The fourth-order valence-corrected chi connectivity index (χ4v) is 1.84. The van der Waals surface area contributed by atoms with Crippen LogP contribution in [-0.4, -0.2) is 12.0 Å². The van der Waals surface area contributed by atoms with Gasteiger partial charge < -0.3 is 10.5 Å². The second-order valence-electron chi connectivity index (χ2n) is 3.57. The third kappa shape index (κ3) is 2.01. The van der Waals surface area contributed by atoms with Gasteiger partial charge in [-0.25, -0.2) is 0 Å². The monoisotopic (exact) mass is 203 g/mol. The average molecular weight is 203 g/mol. The van der Waals surface area contributed by atoms with Crippen LogP contribution in [-0.2, 0) is 9.53 Å². The molecule has 0 saturated carbocycles. The van der Waals surface area contributed by atoms with Gasteiger partial charge in [0.25, 0.3) is 0 Å². The number of primary amides is 1. The van der Waals surface area contributed by atoms with Crippen LogP contribution >= 0.6 is 0 Å². The highest BCUT2D eigenvalue weighted by molar-refractivity contribution is 5.82. The van der Waals surface area contributed by atoms with Crippen molar-refractivity contribution in [2.45, 2.75) is 18.4 Å². The second kappa shape index (κ2) is 4.17. The lowest BCUT2D eigenvalue weighted by molar-refractivity contribution is -0.121. The maximum absolute atomic E-state index is 11.4. The third-order valence-corrected chi connectivity index (χ3v) is 2.55. The van der Waals surface area contributed by atoms with Gasteiger partial charge in [0.2, 0.25) is 5.91 Å². The Morgan fingerprint density at radius 1 is 1.40 bits per heavy atom. The van der Waals surface area contributed by atoms with Crippen LogP contribution in [0, 0.1) is 0 Å². The molecular weight excluding hydrogens is 190 g/mol. The molecule has 2 N–H and O–H groups in total. The predicted octanol–water partition coefficient (Wildman–Crippen LogP) is 1.56. The quantitative estimate of drug-likeness (QED) is 0.810. The van der Waals surface area contributed by atoms with Crippen molar-refractivity contribution < 1.29 is 9.53 Å². The Bertz CT molecular complexity index is 364. The van der Waals surface area contributed by atoms with Gasteiger partial charge >= 0.3 is 0 Å². The van der Waals surface area contributed by atoms with Crippen molar-refractivity contribution in [3.05, 3.63) is 48.2 Å². The summed E-state index contributed by atoms with van der Waals surface area (Å²) in [5.41, 5.74) is 6.32. The summed E-state index contributed by atoms with van der Waals surface area (Å²) in [5.74, 6) is -0.698. The molecule has 2 rings (SSSR count). The van der Waals surface area contributed by atoms with E-state index in [9.17, 15) is 4.79 Å². The van der Waals surface area contributed by atoms with Crippen molar-refractivity contribution in [3.8, 4) is 0 Å². The first-order chi connectivity index (χ1) is 7.29. The summed E-state index contributed by atoms with van der Waals surface area (Å²) in [6, 6.07) is 9.50. The molecule has 1 aromatic carbocycles. The number of benzene rings is 1. The van der Waals surface area contributed by atoms with E-state index >= 15 is 0 Å². The van der Waals surface area contributed by atoms with Crippen LogP contribution < -0.4 is 5.73 Å². The molecule has 0 aromatic heterocycles. The summed E-state index contributed by atoms with van der Waals surface area (Å²) in [5, 5.41) is 0. The number of carbonyl (C=O) groups excluding carboxylic acids is 1. The van der Waals surface area contributed by atoms with Crippen LogP contribution in [0.15, 0.2) is 42.7 Å². The van der Waals surface area contributed by atoms with E-state index in [2.05, 4.69) is 0 Å². The molecule has 3 heteroatoms. The molecule has 1 amide bonds. The Morgan fingerprint density at radius 2 is 2.13 bits per heavy atom. The number of hydrogen-bond donors (Lipinski definition) is 1. The molecule has 0 saturated heterocycles. The zero-order valence-corrected chi connectivity index (χ0v) is 8.30. The predicted molar refractivity (Wildman–Crippen MR) is 57.0 cm³/mol. The van der Waals surface area contributed by atoms with Gasteiger partial charge in [0.15, 0.2) is 0 Å². The van der Waals surface area contributed by atoms with E-state index in [1.54, 1.807) is 6.26 Å². The smallest absolute Gasteiger partial charge is 0.228 e. The molecule has 2 unspecified atom stereocenters. The molecule has 1 heterocycles. The lowest BCUT2D eigenvalue weighted by Crippen LogP contribution is -2.31. The average Bonchev–Trinajstić information content (AvgIpc) is 2.72. The van der Waals surface area contributed by atoms with Crippen molar-refractivity contribution in [1.29, 1.82) is 0 Å². The SMILES string of the molecule is NC(=O)C(c1ccccc1)C1CC=CO1. The van der Waals surface area contributed by atoms with E-state index in [4.69, 9.17) is 10.5 Å². The maximum Gasteiger partial charge on any atom is 0.228 e. The van der Waals surface area contributed by atoms with Crippen LogP contribution in [0.25, 0.3) is 0 Å². The van der Waals surface area contributed by atoms with Gasteiger partial charge in [0, 0.05) is 6.42 Å². The van der Waals surface area contributed by atoms with Crippen LogP contribution in [0.3, 0.4) is 0 Å². The first-order valence-corrected chi connectivity index (χ1v) is 4.94. The fraction of sp³-hybridized carbons (Fsp3) is 0.250. The minimum absolute atomic E-state index is 0.148. The first-order valence-electron chi connectivity index (χ1n) is 4.94. The molecular formula is C12H13NO2. The van der Waals surface area contributed by atoms with Gasteiger partial charge in [-0.3, -0.25) is 4.79 Å². The van der Waals surface area contributed by atoms with Gasteiger partial charge in [0.1, 0.15) is 6.10 Å². The largest absolute Gasteiger partial charge is 0.497 e. The van der Waals surface area contributed by atoms with E-state index in [0.29, 0.717) is 0 Å². The van der Waals surface area contributed by atoms with Crippen molar-refractivity contribution in [2.75, 3.05) is 0 Å². The first kappa shape index (κ1) is 9.77. The highest BCUT2D eigenvalue weighted by atomic mass is 16.5. The highest BCUT2D eigenvalue weighted by Crippen LogP contribution is 2.27. The standard InChI is InChI=1S/C12H13NO2/c13-12(14)11(10-7-4-8-15-10)9-5-2-1-3-6-9/h1-6,8,10-11H,7H2,(H2,13,14). The van der Waals surface area contributed by atoms with Crippen LogP contribution in [0.4, 0.5) is 0 Å². The van der Waals surface area contributed by atoms with Crippen LogP contribution in [0.5, 0.6) is 0 Å². The molecule has 1 aromatic rings. The lowest BCUT2D eigenvalue weighted by Gasteiger charge is -2.20. The molecule has 0 aliphatic carbocycles. The summed E-state index contributed by atoms with van der Waals surface area (Å²) in [6.45, 7) is 0. The minimum Gasteiger partial charge on any atom is -0.497 e. The van der Waals surface area contributed by atoms with Crippen molar-refractivity contribution in [3.63, 3.8) is 0 Å². The zero-order chi connectivity index (χ0) is 10.7.